The number of rotatable bonds is 4. The van der Waals surface area contributed by atoms with Gasteiger partial charge in [0.2, 0.25) is 0 Å². The number of hydrogen-bond donors (Lipinski definition) is 1. The van der Waals surface area contributed by atoms with Crippen LogP contribution < -0.4 is 5.73 Å². The average Bonchev–Trinajstić information content (AvgIpc) is 2.76. The fraction of sp³-hybridized carbons (Fsp3) is 0.538. The minimum atomic E-state index is 0.169. The van der Waals surface area contributed by atoms with Crippen molar-refractivity contribution in [3.05, 3.63) is 27.3 Å². The van der Waals surface area contributed by atoms with Crippen molar-refractivity contribution in [3.63, 3.8) is 0 Å². The third kappa shape index (κ3) is 3.14. The van der Waals surface area contributed by atoms with Crippen LogP contribution in [0.25, 0.3) is 0 Å². The molecule has 18 heavy (non-hydrogen) atoms. The Morgan fingerprint density at radius 2 is 1.89 bits per heavy atom. The highest BCUT2D eigenvalue weighted by Gasteiger charge is 2.32. The lowest BCUT2D eigenvalue weighted by molar-refractivity contribution is -0.00461. The summed E-state index contributed by atoms with van der Waals surface area (Å²) in [4.78, 5) is 2.35. The van der Waals surface area contributed by atoms with Crippen molar-refractivity contribution in [2.45, 2.75) is 18.8 Å². The third-order valence-electron chi connectivity index (χ3n) is 3.37. The Morgan fingerprint density at radius 1 is 1.28 bits per heavy atom. The van der Waals surface area contributed by atoms with Gasteiger partial charge in [0.1, 0.15) is 0 Å². The molecule has 1 heterocycles. The number of hydrogen-bond acceptors (Lipinski definition) is 4. The van der Waals surface area contributed by atoms with E-state index >= 15 is 0 Å². The van der Waals surface area contributed by atoms with Gasteiger partial charge in [0.15, 0.2) is 0 Å². The summed E-state index contributed by atoms with van der Waals surface area (Å²) in [6, 6.07) is 6.19. The SMILES string of the molecule is COC1CN(Cc2ccc(N)c(I)c2)CC1OC. The fourth-order valence-electron chi connectivity index (χ4n) is 2.33. The van der Waals surface area contributed by atoms with Crippen molar-refractivity contribution in [2.24, 2.45) is 0 Å². The topological polar surface area (TPSA) is 47.7 Å². The lowest BCUT2D eigenvalue weighted by Gasteiger charge is -2.15. The first-order valence-corrected chi connectivity index (χ1v) is 7.03. The predicted molar refractivity (Wildman–Crippen MR) is 80.4 cm³/mol. The number of nitrogen functional groups attached to an aromatic ring is 1. The molecule has 0 aromatic heterocycles. The summed E-state index contributed by atoms with van der Waals surface area (Å²) in [6.45, 7) is 2.74. The van der Waals surface area contributed by atoms with E-state index in [1.165, 1.54) is 5.56 Å². The first-order valence-electron chi connectivity index (χ1n) is 5.96. The number of methoxy groups -OCH3 is 2. The maximum atomic E-state index is 5.82. The van der Waals surface area contributed by atoms with Gasteiger partial charge < -0.3 is 15.2 Å². The Morgan fingerprint density at radius 3 is 2.39 bits per heavy atom. The molecule has 0 amide bonds. The molecule has 0 aliphatic carbocycles. The summed E-state index contributed by atoms with van der Waals surface area (Å²) in [5, 5.41) is 0. The zero-order valence-corrected chi connectivity index (χ0v) is 12.9. The van der Waals surface area contributed by atoms with E-state index in [0.29, 0.717) is 0 Å². The molecule has 1 saturated heterocycles. The molecule has 2 atom stereocenters. The number of benzene rings is 1. The highest BCUT2D eigenvalue weighted by atomic mass is 127. The van der Waals surface area contributed by atoms with Gasteiger partial charge in [-0.2, -0.15) is 0 Å². The van der Waals surface area contributed by atoms with Crippen LogP contribution >= 0.6 is 22.6 Å². The summed E-state index contributed by atoms with van der Waals surface area (Å²) < 4.78 is 12.0. The smallest absolute Gasteiger partial charge is 0.0971 e. The zero-order valence-electron chi connectivity index (χ0n) is 10.7. The third-order valence-corrected chi connectivity index (χ3v) is 4.30. The molecular weight excluding hydrogens is 343 g/mol. The second-order valence-corrected chi connectivity index (χ2v) is 5.76. The normalized spacial score (nSPS) is 24.6. The van der Waals surface area contributed by atoms with Gasteiger partial charge in [-0.1, -0.05) is 6.07 Å². The van der Waals surface area contributed by atoms with Crippen LogP contribution in [0.4, 0.5) is 5.69 Å². The first-order chi connectivity index (χ1) is 8.63. The molecule has 0 saturated carbocycles. The van der Waals surface area contributed by atoms with Crippen molar-refractivity contribution in [1.29, 1.82) is 0 Å². The lowest BCUT2D eigenvalue weighted by atomic mass is 10.2. The van der Waals surface area contributed by atoms with Crippen molar-refractivity contribution in [1.82, 2.24) is 4.90 Å². The van der Waals surface area contributed by atoms with E-state index in [4.69, 9.17) is 15.2 Å². The van der Waals surface area contributed by atoms with E-state index in [1.54, 1.807) is 14.2 Å². The van der Waals surface area contributed by atoms with Gasteiger partial charge in [-0.25, -0.2) is 0 Å². The Bertz CT molecular complexity index is 402. The molecule has 0 spiro atoms. The summed E-state index contributed by atoms with van der Waals surface area (Å²) in [7, 11) is 3.48. The maximum absolute atomic E-state index is 5.82. The van der Waals surface area contributed by atoms with Crippen LogP contribution in [0.2, 0.25) is 0 Å². The Hall–Kier alpha value is -0.370. The Balaban J connectivity index is 2.00. The molecule has 1 aliphatic rings. The maximum Gasteiger partial charge on any atom is 0.0971 e. The number of nitrogens with zero attached hydrogens (tertiary/aromatic N) is 1. The number of anilines is 1. The number of ether oxygens (including phenoxy) is 2. The molecule has 0 radical (unpaired) electrons. The highest BCUT2D eigenvalue weighted by Crippen LogP contribution is 2.21. The summed E-state index contributed by atoms with van der Waals surface area (Å²) >= 11 is 2.27. The molecule has 1 aliphatic heterocycles. The lowest BCUT2D eigenvalue weighted by Crippen LogP contribution is -2.27. The second-order valence-electron chi connectivity index (χ2n) is 4.60. The quantitative estimate of drug-likeness (QED) is 0.655. The van der Waals surface area contributed by atoms with Crippen LogP contribution in [0.1, 0.15) is 5.56 Å². The zero-order chi connectivity index (χ0) is 13.1. The highest BCUT2D eigenvalue weighted by molar-refractivity contribution is 14.1. The van der Waals surface area contributed by atoms with Gasteiger partial charge in [0, 0.05) is 43.1 Å². The van der Waals surface area contributed by atoms with Crippen LogP contribution in [-0.4, -0.2) is 44.4 Å². The summed E-state index contributed by atoms with van der Waals surface area (Å²) in [5.41, 5.74) is 7.94. The molecular formula is C13H19IN2O2. The molecule has 5 heteroatoms. The number of halogens is 1. The molecule has 4 nitrogen and oxygen atoms in total. The molecule has 1 aromatic rings. The standard InChI is InChI=1S/C13H19IN2O2/c1-17-12-7-16(8-13(12)18-2)6-9-3-4-11(15)10(14)5-9/h3-5,12-13H,6-8,15H2,1-2H3. The van der Waals surface area contributed by atoms with Crippen molar-refractivity contribution in [3.8, 4) is 0 Å². The van der Waals surface area contributed by atoms with Crippen molar-refractivity contribution < 1.29 is 9.47 Å². The monoisotopic (exact) mass is 362 g/mol. The van der Waals surface area contributed by atoms with Crippen LogP contribution in [0.15, 0.2) is 18.2 Å². The average molecular weight is 362 g/mol. The van der Waals surface area contributed by atoms with Crippen LogP contribution in [0.3, 0.4) is 0 Å². The van der Waals surface area contributed by atoms with E-state index in [2.05, 4.69) is 39.6 Å². The van der Waals surface area contributed by atoms with Gasteiger partial charge in [-0.05, 0) is 40.3 Å². The Kier molecular flexibility index (Phi) is 4.83. The van der Waals surface area contributed by atoms with Crippen LogP contribution in [0, 0.1) is 3.57 Å². The first kappa shape index (κ1) is 14.0. The minimum absolute atomic E-state index is 0.169. The van der Waals surface area contributed by atoms with E-state index in [9.17, 15) is 0 Å². The predicted octanol–water partition coefficient (Wildman–Crippen LogP) is 1.72. The van der Waals surface area contributed by atoms with Gasteiger partial charge in [-0.15, -0.1) is 0 Å². The van der Waals surface area contributed by atoms with E-state index < -0.39 is 0 Å². The molecule has 2 unspecified atom stereocenters. The molecule has 100 valence electrons. The summed E-state index contributed by atoms with van der Waals surface area (Å²) in [6.07, 6.45) is 0.339. The van der Waals surface area contributed by atoms with Gasteiger partial charge in [0.25, 0.3) is 0 Å². The van der Waals surface area contributed by atoms with E-state index in [-0.39, 0.29) is 12.2 Å². The fourth-order valence-corrected chi connectivity index (χ4v) is 2.91. The van der Waals surface area contributed by atoms with Gasteiger partial charge >= 0.3 is 0 Å². The van der Waals surface area contributed by atoms with Crippen molar-refractivity contribution >= 4 is 28.3 Å². The molecule has 1 fully saturated rings. The van der Waals surface area contributed by atoms with Crippen LogP contribution in [0.5, 0.6) is 0 Å². The molecule has 2 rings (SSSR count). The molecule has 2 N–H and O–H groups in total. The van der Waals surface area contributed by atoms with E-state index in [0.717, 1.165) is 28.9 Å². The van der Waals surface area contributed by atoms with Crippen molar-refractivity contribution in [2.75, 3.05) is 33.0 Å². The number of likely N-dealkylation sites (tertiary alicyclic amines) is 1. The van der Waals surface area contributed by atoms with Gasteiger partial charge in [-0.3, -0.25) is 4.90 Å². The second kappa shape index (κ2) is 6.18. The van der Waals surface area contributed by atoms with Crippen LogP contribution in [-0.2, 0) is 16.0 Å². The molecule has 1 aromatic carbocycles. The summed E-state index contributed by atoms with van der Waals surface area (Å²) in [5.74, 6) is 0. The largest absolute Gasteiger partial charge is 0.398 e. The Labute approximate surface area is 122 Å². The number of nitrogens with two attached hydrogens (primary N) is 1. The minimum Gasteiger partial charge on any atom is -0.398 e. The van der Waals surface area contributed by atoms with Gasteiger partial charge in [0.05, 0.1) is 12.2 Å². The van der Waals surface area contributed by atoms with E-state index in [1.807, 2.05) is 6.07 Å². The molecule has 0 bridgehead atoms.